The van der Waals surface area contributed by atoms with Gasteiger partial charge < -0.3 is 16.0 Å². The van der Waals surface area contributed by atoms with Crippen molar-refractivity contribution in [3.63, 3.8) is 0 Å². The third-order valence-corrected chi connectivity index (χ3v) is 4.43. The Balaban J connectivity index is 1.58. The van der Waals surface area contributed by atoms with Crippen LogP contribution in [0.3, 0.4) is 0 Å². The SMILES string of the molecule is CCNC(=O)Nc1cccc(NC(=O)CCN2C(=O)c3ccc(C)cc3C2=O)c1. The van der Waals surface area contributed by atoms with E-state index in [2.05, 4.69) is 16.0 Å². The lowest BCUT2D eigenvalue weighted by atomic mass is 10.1. The fourth-order valence-corrected chi connectivity index (χ4v) is 3.06. The zero-order valence-electron chi connectivity index (χ0n) is 16.2. The number of carbonyl (C=O) groups excluding carboxylic acids is 4. The number of imide groups is 1. The number of benzene rings is 2. The molecule has 2 aromatic rings. The van der Waals surface area contributed by atoms with E-state index in [1.165, 1.54) is 0 Å². The summed E-state index contributed by atoms with van der Waals surface area (Å²) >= 11 is 0. The predicted molar refractivity (Wildman–Crippen MR) is 109 cm³/mol. The molecule has 0 unspecified atom stereocenters. The Hall–Kier alpha value is -3.68. The summed E-state index contributed by atoms with van der Waals surface area (Å²) in [7, 11) is 0. The lowest BCUT2D eigenvalue weighted by molar-refractivity contribution is -0.116. The monoisotopic (exact) mass is 394 g/mol. The van der Waals surface area contributed by atoms with Gasteiger partial charge in [-0.25, -0.2) is 4.79 Å². The van der Waals surface area contributed by atoms with Crippen molar-refractivity contribution >= 4 is 35.1 Å². The Morgan fingerprint density at radius 2 is 1.62 bits per heavy atom. The van der Waals surface area contributed by atoms with E-state index in [4.69, 9.17) is 0 Å². The van der Waals surface area contributed by atoms with Crippen LogP contribution in [0.25, 0.3) is 0 Å². The van der Waals surface area contributed by atoms with Crippen LogP contribution in [0.2, 0.25) is 0 Å². The Bertz CT molecular complexity index is 986. The Labute approximate surface area is 168 Å². The highest BCUT2D eigenvalue weighted by molar-refractivity contribution is 6.21. The van der Waals surface area contributed by atoms with E-state index < -0.39 is 0 Å². The average molecular weight is 394 g/mol. The molecule has 0 atom stereocenters. The van der Waals surface area contributed by atoms with Crippen molar-refractivity contribution in [2.45, 2.75) is 20.3 Å². The topological polar surface area (TPSA) is 108 Å². The van der Waals surface area contributed by atoms with Gasteiger partial charge in [-0.05, 0) is 44.2 Å². The Kier molecular flexibility index (Phi) is 5.92. The predicted octanol–water partition coefficient (Wildman–Crippen LogP) is 2.76. The molecule has 1 aliphatic heterocycles. The molecule has 0 saturated heterocycles. The molecule has 0 aliphatic carbocycles. The smallest absolute Gasteiger partial charge is 0.319 e. The van der Waals surface area contributed by atoms with E-state index >= 15 is 0 Å². The minimum absolute atomic E-state index is 0.00588. The molecule has 0 saturated carbocycles. The van der Waals surface area contributed by atoms with Gasteiger partial charge in [-0.3, -0.25) is 19.3 Å². The molecule has 3 rings (SSSR count). The molecule has 0 aromatic heterocycles. The van der Waals surface area contributed by atoms with E-state index in [0.29, 0.717) is 29.0 Å². The summed E-state index contributed by atoms with van der Waals surface area (Å²) in [5.74, 6) is -1.10. The minimum atomic E-state index is -0.383. The number of rotatable bonds is 6. The number of hydrogen-bond donors (Lipinski definition) is 3. The van der Waals surface area contributed by atoms with Gasteiger partial charge in [0.15, 0.2) is 0 Å². The molecule has 2 aromatic carbocycles. The summed E-state index contributed by atoms with van der Waals surface area (Å²) in [6, 6.07) is 11.5. The normalized spacial score (nSPS) is 12.6. The first kappa shape index (κ1) is 20.1. The van der Waals surface area contributed by atoms with Crippen LogP contribution in [0.5, 0.6) is 0 Å². The van der Waals surface area contributed by atoms with E-state index in [1.54, 1.807) is 42.5 Å². The largest absolute Gasteiger partial charge is 0.338 e. The van der Waals surface area contributed by atoms with E-state index in [0.717, 1.165) is 10.5 Å². The Morgan fingerprint density at radius 1 is 0.931 bits per heavy atom. The van der Waals surface area contributed by atoms with Crippen LogP contribution in [0.15, 0.2) is 42.5 Å². The molecular formula is C21H22N4O4. The van der Waals surface area contributed by atoms with Crippen LogP contribution in [0.4, 0.5) is 16.2 Å². The van der Waals surface area contributed by atoms with E-state index in [-0.39, 0.29) is 36.7 Å². The lowest BCUT2D eigenvalue weighted by Gasteiger charge is -2.14. The first-order valence-corrected chi connectivity index (χ1v) is 9.30. The molecule has 0 bridgehead atoms. The van der Waals surface area contributed by atoms with Crippen LogP contribution in [-0.4, -0.2) is 41.7 Å². The summed E-state index contributed by atoms with van der Waals surface area (Å²) in [6.07, 6.45) is -0.0293. The summed E-state index contributed by atoms with van der Waals surface area (Å²) in [5.41, 5.74) is 2.67. The van der Waals surface area contributed by atoms with Crippen molar-refractivity contribution in [1.82, 2.24) is 10.2 Å². The second kappa shape index (κ2) is 8.55. The molecule has 1 aliphatic rings. The van der Waals surface area contributed by atoms with Gasteiger partial charge in [0, 0.05) is 30.9 Å². The Morgan fingerprint density at radius 3 is 2.34 bits per heavy atom. The highest BCUT2D eigenvalue weighted by Gasteiger charge is 2.35. The number of carbonyl (C=O) groups is 4. The van der Waals surface area contributed by atoms with Gasteiger partial charge in [0.1, 0.15) is 0 Å². The average Bonchev–Trinajstić information content (AvgIpc) is 2.90. The first-order valence-electron chi connectivity index (χ1n) is 9.30. The molecule has 8 nitrogen and oxygen atoms in total. The number of amides is 5. The maximum absolute atomic E-state index is 12.5. The quantitative estimate of drug-likeness (QED) is 0.655. The van der Waals surface area contributed by atoms with Crippen LogP contribution < -0.4 is 16.0 Å². The molecular weight excluding hydrogens is 372 g/mol. The van der Waals surface area contributed by atoms with Crippen LogP contribution in [0.1, 0.15) is 39.6 Å². The van der Waals surface area contributed by atoms with Gasteiger partial charge in [-0.1, -0.05) is 17.7 Å². The van der Waals surface area contributed by atoms with Crippen LogP contribution in [-0.2, 0) is 4.79 Å². The van der Waals surface area contributed by atoms with Gasteiger partial charge >= 0.3 is 6.03 Å². The minimum Gasteiger partial charge on any atom is -0.338 e. The zero-order chi connectivity index (χ0) is 21.0. The molecule has 0 spiro atoms. The number of nitrogens with zero attached hydrogens (tertiary/aromatic N) is 1. The van der Waals surface area contributed by atoms with Gasteiger partial charge in [0.25, 0.3) is 11.8 Å². The van der Waals surface area contributed by atoms with Gasteiger partial charge in [0.2, 0.25) is 5.91 Å². The third-order valence-electron chi connectivity index (χ3n) is 4.43. The van der Waals surface area contributed by atoms with Crippen LogP contribution >= 0.6 is 0 Å². The van der Waals surface area contributed by atoms with E-state index in [9.17, 15) is 19.2 Å². The molecule has 29 heavy (non-hydrogen) atoms. The fourth-order valence-electron chi connectivity index (χ4n) is 3.06. The van der Waals surface area contributed by atoms with Crippen molar-refractivity contribution < 1.29 is 19.2 Å². The van der Waals surface area contributed by atoms with Crippen molar-refractivity contribution in [2.75, 3.05) is 23.7 Å². The molecule has 0 fully saturated rings. The van der Waals surface area contributed by atoms with Gasteiger partial charge in [-0.2, -0.15) is 0 Å². The number of hydrogen-bond acceptors (Lipinski definition) is 4. The lowest BCUT2D eigenvalue weighted by Crippen LogP contribution is -2.32. The van der Waals surface area contributed by atoms with Crippen molar-refractivity contribution in [3.8, 4) is 0 Å². The van der Waals surface area contributed by atoms with Gasteiger partial charge in [0.05, 0.1) is 11.1 Å². The zero-order valence-corrected chi connectivity index (χ0v) is 16.2. The standard InChI is InChI=1S/C21H22N4O4/c1-3-22-21(29)24-15-6-4-5-14(12-15)23-18(26)9-10-25-19(27)16-8-7-13(2)11-17(16)20(25)28/h4-8,11-12H,3,9-10H2,1-2H3,(H,23,26)(H2,22,24,29). The summed E-state index contributed by atoms with van der Waals surface area (Å²) in [6.45, 7) is 4.16. The van der Waals surface area contributed by atoms with Gasteiger partial charge in [-0.15, -0.1) is 0 Å². The molecule has 3 N–H and O–H groups in total. The van der Waals surface area contributed by atoms with E-state index in [1.807, 2.05) is 13.8 Å². The van der Waals surface area contributed by atoms with Crippen molar-refractivity contribution in [1.29, 1.82) is 0 Å². The van der Waals surface area contributed by atoms with Crippen molar-refractivity contribution in [2.24, 2.45) is 0 Å². The summed E-state index contributed by atoms with van der Waals surface area (Å²) < 4.78 is 0. The fraction of sp³-hybridized carbons (Fsp3) is 0.238. The maximum atomic E-state index is 12.5. The van der Waals surface area contributed by atoms with Crippen LogP contribution in [0, 0.1) is 6.92 Å². The summed E-state index contributed by atoms with van der Waals surface area (Å²) in [5, 5.41) is 7.99. The highest BCUT2D eigenvalue weighted by Crippen LogP contribution is 2.24. The summed E-state index contributed by atoms with van der Waals surface area (Å²) in [4.78, 5) is 49.8. The second-order valence-electron chi connectivity index (χ2n) is 6.67. The second-order valence-corrected chi connectivity index (χ2v) is 6.67. The molecule has 0 radical (unpaired) electrons. The molecule has 8 heteroatoms. The maximum Gasteiger partial charge on any atom is 0.319 e. The number of nitrogens with one attached hydrogen (secondary N) is 3. The molecule has 150 valence electrons. The number of fused-ring (bicyclic) bond motifs is 1. The number of aryl methyl sites for hydroxylation is 1. The number of anilines is 2. The number of urea groups is 1. The van der Waals surface area contributed by atoms with Crippen molar-refractivity contribution in [3.05, 3.63) is 59.2 Å². The first-order chi connectivity index (χ1) is 13.9. The molecule has 5 amide bonds. The third kappa shape index (κ3) is 4.60. The molecule has 1 heterocycles. The highest BCUT2D eigenvalue weighted by atomic mass is 16.2.